The molecule has 1 N–H and O–H groups in total. The first-order valence-electron chi connectivity index (χ1n) is 6.05. The van der Waals surface area contributed by atoms with Gasteiger partial charge in [0.1, 0.15) is 0 Å². The summed E-state index contributed by atoms with van der Waals surface area (Å²) in [6.07, 6.45) is 3.79. The van der Waals surface area contributed by atoms with Gasteiger partial charge in [-0.05, 0) is 30.2 Å². The third-order valence-electron chi connectivity index (χ3n) is 2.56. The maximum Gasteiger partial charge on any atom is 0.234 e. The lowest BCUT2D eigenvalue weighted by atomic mass is 10.2. The van der Waals surface area contributed by atoms with Crippen LogP contribution < -0.4 is 5.32 Å². The maximum atomic E-state index is 11.8. The second-order valence-corrected chi connectivity index (χ2v) is 5.42. The zero-order valence-electron chi connectivity index (χ0n) is 11.1. The van der Waals surface area contributed by atoms with Crippen molar-refractivity contribution < 1.29 is 4.79 Å². The van der Waals surface area contributed by atoms with E-state index in [0.29, 0.717) is 5.75 Å². The normalized spacial score (nSPS) is 10.4. The molecule has 0 aliphatic rings. The minimum Gasteiger partial charge on any atom is -0.325 e. The number of carbonyl (C=O) groups excluding carboxylic acids is 1. The summed E-state index contributed by atoms with van der Waals surface area (Å²) in [5.41, 5.74) is 3.13. The number of amides is 1. The molecule has 2 rings (SSSR count). The van der Waals surface area contributed by atoms with Gasteiger partial charge in [-0.3, -0.25) is 9.48 Å². The fourth-order valence-corrected chi connectivity index (χ4v) is 2.47. The number of anilines is 1. The van der Waals surface area contributed by atoms with Crippen LogP contribution in [0.1, 0.15) is 11.1 Å². The van der Waals surface area contributed by atoms with E-state index in [1.54, 1.807) is 16.4 Å². The second kappa shape index (κ2) is 6.43. The number of nitrogens with one attached hydrogen (secondary N) is 1. The molecule has 19 heavy (non-hydrogen) atoms. The van der Waals surface area contributed by atoms with Crippen LogP contribution in [-0.2, 0) is 17.6 Å². The van der Waals surface area contributed by atoms with Gasteiger partial charge in [-0.25, -0.2) is 0 Å². The van der Waals surface area contributed by atoms with E-state index in [-0.39, 0.29) is 5.91 Å². The van der Waals surface area contributed by atoms with Crippen molar-refractivity contribution in [2.75, 3.05) is 11.1 Å². The number of nitrogens with zero attached hydrogens (tertiary/aromatic N) is 2. The smallest absolute Gasteiger partial charge is 0.234 e. The lowest BCUT2D eigenvalue weighted by Gasteiger charge is -2.05. The van der Waals surface area contributed by atoms with Crippen LogP contribution in [0.15, 0.2) is 36.7 Å². The number of hydrogen-bond acceptors (Lipinski definition) is 3. The molecule has 0 saturated heterocycles. The molecule has 100 valence electrons. The number of carbonyl (C=O) groups is 1. The summed E-state index contributed by atoms with van der Waals surface area (Å²) >= 11 is 1.59. The summed E-state index contributed by atoms with van der Waals surface area (Å²) in [6, 6.07) is 7.81. The molecule has 4 nitrogen and oxygen atoms in total. The van der Waals surface area contributed by atoms with E-state index >= 15 is 0 Å². The van der Waals surface area contributed by atoms with Crippen molar-refractivity contribution in [3.63, 3.8) is 0 Å². The van der Waals surface area contributed by atoms with Crippen molar-refractivity contribution in [3.8, 4) is 0 Å². The summed E-state index contributed by atoms with van der Waals surface area (Å²) in [5, 5.41) is 6.99. The van der Waals surface area contributed by atoms with Crippen molar-refractivity contribution in [2.24, 2.45) is 7.05 Å². The Balaban J connectivity index is 1.76. The Morgan fingerprint density at radius 2 is 2.32 bits per heavy atom. The van der Waals surface area contributed by atoms with Crippen LogP contribution in [0.4, 0.5) is 5.69 Å². The molecule has 0 atom stereocenters. The Bertz CT molecular complexity index is 565. The van der Waals surface area contributed by atoms with Crippen LogP contribution in [0.5, 0.6) is 0 Å². The Kier molecular flexibility index (Phi) is 4.63. The van der Waals surface area contributed by atoms with Crippen LogP contribution in [0.3, 0.4) is 0 Å². The lowest BCUT2D eigenvalue weighted by Crippen LogP contribution is -2.14. The largest absolute Gasteiger partial charge is 0.325 e. The molecule has 0 unspecified atom stereocenters. The van der Waals surface area contributed by atoms with Crippen LogP contribution in [0, 0.1) is 6.92 Å². The van der Waals surface area contributed by atoms with Gasteiger partial charge in [-0.2, -0.15) is 5.10 Å². The lowest BCUT2D eigenvalue weighted by molar-refractivity contribution is -0.113. The number of hydrogen-bond donors (Lipinski definition) is 1. The van der Waals surface area contributed by atoms with Crippen molar-refractivity contribution >= 4 is 23.4 Å². The van der Waals surface area contributed by atoms with E-state index in [4.69, 9.17) is 0 Å². The monoisotopic (exact) mass is 275 g/mol. The van der Waals surface area contributed by atoms with E-state index in [0.717, 1.165) is 22.6 Å². The van der Waals surface area contributed by atoms with E-state index in [9.17, 15) is 4.79 Å². The first-order chi connectivity index (χ1) is 9.13. The highest BCUT2D eigenvalue weighted by molar-refractivity contribution is 7.99. The molecule has 0 radical (unpaired) electrons. The van der Waals surface area contributed by atoms with E-state index in [1.807, 2.05) is 50.6 Å². The Labute approximate surface area is 117 Å². The first kappa shape index (κ1) is 13.7. The highest BCUT2D eigenvalue weighted by Gasteiger charge is 2.04. The summed E-state index contributed by atoms with van der Waals surface area (Å²) in [4.78, 5) is 11.8. The number of aryl methyl sites for hydroxylation is 2. The molecule has 0 aliphatic heterocycles. The fourth-order valence-electron chi connectivity index (χ4n) is 1.73. The van der Waals surface area contributed by atoms with Gasteiger partial charge in [0, 0.05) is 24.7 Å². The Morgan fingerprint density at radius 3 is 3.00 bits per heavy atom. The molecule has 0 saturated carbocycles. The van der Waals surface area contributed by atoms with E-state index in [2.05, 4.69) is 10.4 Å². The number of thioether (sulfide) groups is 1. The third kappa shape index (κ3) is 4.44. The van der Waals surface area contributed by atoms with E-state index < -0.39 is 0 Å². The van der Waals surface area contributed by atoms with Gasteiger partial charge < -0.3 is 5.32 Å². The van der Waals surface area contributed by atoms with Gasteiger partial charge in [0.2, 0.25) is 5.91 Å². The minimum absolute atomic E-state index is 0.0273. The molecule has 1 aromatic carbocycles. The zero-order valence-corrected chi connectivity index (χ0v) is 11.9. The van der Waals surface area contributed by atoms with Crippen LogP contribution >= 0.6 is 11.8 Å². The zero-order chi connectivity index (χ0) is 13.7. The molecule has 1 heterocycles. The van der Waals surface area contributed by atoms with Crippen molar-refractivity contribution in [3.05, 3.63) is 47.8 Å². The number of benzene rings is 1. The average Bonchev–Trinajstić information content (AvgIpc) is 2.75. The summed E-state index contributed by atoms with van der Waals surface area (Å²) in [5.74, 6) is 1.28. The van der Waals surface area contributed by atoms with Gasteiger partial charge >= 0.3 is 0 Å². The molecule has 2 aromatic rings. The fraction of sp³-hybridized carbons (Fsp3) is 0.286. The van der Waals surface area contributed by atoms with Gasteiger partial charge in [0.15, 0.2) is 0 Å². The van der Waals surface area contributed by atoms with Crippen LogP contribution in [-0.4, -0.2) is 21.4 Å². The predicted octanol–water partition coefficient (Wildman–Crippen LogP) is 2.60. The highest BCUT2D eigenvalue weighted by atomic mass is 32.2. The average molecular weight is 275 g/mol. The number of rotatable bonds is 5. The molecule has 0 fully saturated rings. The molecule has 0 spiro atoms. The molecule has 5 heteroatoms. The van der Waals surface area contributed by atoms with E-state index in [1.165, 1.54) is 0 Å². The van der Waals surface area contributed by atoms with Gasteiger partial charge in [-0.1, -0.05) is 12.1 Å². The minimum atomic E-state index is 0.0273. The summed E-state index contributed by atoms with van der Waals surface area (Å²) < 4.78 is 1.77. The SMILES string of the molecule is Cc1cccc(NC(=O)CSCc2cnn(C)c2)c1. The molecule has 1 aromatic heterocycles. The third-order valence-corrected chi connectivity index (χ3v) is 3.57. The molecule has 0 bridgehead atoms. The van der Waals surface area contributed by atoms with Crippen molar-refractivity contribution in [1.29, 1.82) is 0 Å². The molecule has 1 amide bonds. The first-order valence-corrected chi connectivity index (χ1v) is 7.21. The Morgan fingerprint density at radius 1 is 1.47 bits per heavy atom. The highest BCUT2D eigenvalue weighted by Crippen LogP contribution is 2.13. The quantitative estimate of drug-likeness (QED) is 0.912. The van der Waals surface area contributed by atoms with Crippen molar-refractivity contribution in [2.45, 2.75) is 12.7 Å². The number of aromatic nitrogens is 2. The standard InChI is InChI=1S/C14H17N3OS/c1-11-4-3-5-13(6-11)16-14(18)10-19-9-12-7-15-17(2)8-12/h3-8H,9-10H2,1-2H3,(H,16,18). The maximum absolute atomic E-state index is 11.8. The predicted molar refractivity (Wildman–Crippen MR) is 79.2 cm³/mol. The molecular formula is C14H17N3OS. The van der Waals surface area contributed by atoms with Gasteiger partial charge in [-0.15, -0.1) is 11.8 Å². The summed E-state index contributed by atoms with van der Waals surface area (Å²) in [6.45, 7) is 2.01. The molecule has 0 aliphatic carbocycles. The van der Waals surface area contributed by atoms with Gasteiger partial charge in [0.25, 0.3) is 0 Å². The van der Waals surface area contributed by atoms with Gasteiger partial charge in [0.05, 0.1) is 11.9 Å². The topological polar surface area (TPSA) is 46.9 Å². The Hall–Kier alpha value is -1.75. The van der Waals surface area contributed by atoms with Crippen LogP contribution in [0.2, 0.25) is 0 Å². The van der Waals surface area contributed by atoms with Crippen LogP contribution in [0.25, 0.3) is 0 Å². The molecular weight excluding hydrogens is 258 g/mol. The summed E-state index contributed by atoms with van der Waals surface area (Å²) in [7, 11) is 1.89. The second-order valence-electron chi connectivity index (χ2n) is 4.43. The van der Waals surface area contributed by atoms with Crippen molar-refractivity contribution in [1.82, 2.24) is 9.78 Å².